The van der Waals surface area contributed by atoms with Crippen molar-refractivity contribution in [2.24, 2.45) is 3.77 Å². The summed E-state index contributed by atoms with van der Waals surface area (Å²) in [6, 6.07) is 0. The van der Waals surface area contributed by atoms with Crippen molar-refractivity contribution >= 4 is 22.8 Å². The van der Waals surface area contributed by atoms with E-state index in [1.807, 2.05) is 3.77 Å². The lowest BCUT2D eigenvalue weighted by Gasteiger charge is -1.65. The maximum atomic E-state index is 10.8. The Morgan fingerprint density at radius 3 is 1.83 bits per heavy atom. The lowest BCUT2D eigenvalue weighted by molar-refractivity contribution is 0.555. The van der Waals surface area contributed by atoms with E-state index in [0.717, 1.165) is 0 Å². The van der Waals surface area contributed by atoms with Crippen LogP contribution in [0.4, 0.5) is 3.89 Å². The molecule has 0 N–H and O–H groups in total. The summed E-state index contributed by atoms with van der Waals surface area (Å²) in [4.78, 5) is 0. The average molecular weight is 129 g/mol. The molecule has 0 bridgehead atoms. The number of hydrogen-bond acceptors (Lipinski definition) is 3. The zero-order chi connectivity index (χ0) is 5.21. The van der Waals surface area contributed by atoms with E-state index in [9.17, 15) is 3.89 Å². The zero-order valence-electron chi connectivity index (χ0n) is 2.46. The fourth-order valence-electron chi connectivity index (χ4n) is 0. The lowest BCUT2D eigenvalue weighted by atomic mass is 13.9. The average Bonchev–Trinajstić information content (AvgIpc) is 1.35. The third-order valence-electron chi connectivity index (χ3n) is 0.0890. The van der Waals surface area contributed by atoms with Crippen LogP contribution in [-0.2, 0) is 22.8 Å². The van der Waals surface area contributed by atoms with Crippen LogP contribution in [0.1, 0.15) is 0 Å². The molecule has 6 heteroatoms. The fraction of sp³-hybridized carbons (Fsp3) is 0. The van der Waals surface area contributed by atoms with Crippen molar-refractivity contribution < 1.29 is 12.3 Å². The van der Waals surface area contributed by atoms with Gasteiger partial charge in [-0.05, 0) is 0 Å². The Balaban J connectivity index is 4.25. The van der Waals surface area contributed by atoms with Crippen LogP contribution in [0.15, 0.2) is 3.77 Å². The molecule has 36 valence electrons. The molecule has 0 aliphatic heterocycles. The van der Waals surface area contributed by atoms with E-state index < -0.39 is 10.4 Å². The van der Waals surface area contributed by atoms with E-state index in [2.05, 4.69) is 12.4 Å². The van der Waals surface area contributed by atoms with Gasteiger partial charge < -0.3 is 0 Å². The van der Waals surface area contributed by atoms with Crippen molar-refractivity contribution in [3.63, 3.8) is 0 Å². The molecule has 0 aliphatic carbocycles. The molecule has 0 saturated heterocycles. The third-order valence-corrected chi connectivity index (χ3v) is 0.801. The van der Waals surface area contributed by atoms with E-state index in [4.69, 9.17) is 8.42 Å². The molecule has 0 saturated carbocycles. The first-order chi connectivity index (χ1) is 2.56. The normalized spacial score (nSPS) is 10.8. The molecule has 0 fully saturated rings. The van der Waals surface area contributed by atoms with Gasteiger partial charge in [0.25, 0.3) is 0 Å². The topological polar surface area (TPSA) is 46.5 Å². The van der Waals surface area contributed by atoms with Crippen LogP contribution in [0, 0.1) is 0 Å². The number of halogens is 1. The SMILES string of the molecule is O=S(=O)(F)N=S. The van der Waals surface area contributed by atoms with Gasteiger partial charge in [0, 0.05) is 0 Å². The zero-order valence-corrected chi connectivity index (χ0v) is 4.09. The van der Waals surface area contributed by atoms with Crippen LogP contribution >= 0.6 is 0 Å². The molecule has 6 heavy (non-hydrogen) atoms. The molecular formula is FNO2S2. The van der Waals surface area contributed by atoms with Gasteiger partial charge in [-0.1, -0.05) is 7.65 Å². The Labute approximate surface area is 39.7 Å². The fourth-order valence-corrected chi connectivity index (χ4v) is 0. The summed E-state index contributed by atoms with van der Waals surface area (Å²) < 4.78 is 30.9. The molecule has 0 aromatic heterocycles. The molecule has 0 spiro atoms. The highest BCUT2D eigenvalue weighted by atomic mass is 32.3. The van der Waals surface area contributed by atoms with Gasteiger partial charge >= 0.3 is 10.4 Å². The summed E-state index contributed by atoms with van der Waals surface area (Å²) in [7, 11) is -4.72. The summed E-state index contributed by atoms with van der Waals surface area (Å²) in [5, 5.41) is 0. The standard InChI is InChI=1S/FNO2S2/c1-6(3,4)2-5. The van der Waals surface area contributed by atoms with Crippen molar-refractivity contribution in [2.75, 3.05) is 0 Å². The van der Waals surface area contributed by atoms with Gasteiger partial charge in [-0.2, -0.15) is 8.42 Å². The number of hydrogen-bond donors (Lipinski definition) is 0. The highest BCUT2D eigenvalue weighted by Gasteiger charge is 1.96. The smallest absolute Gasteiger partial charge is 0.169 e. The Hall–Kier alpha value is -0.100. The molecule has 0 unspecified atom stereocenters. The molecule has 0 rings (SSSR count). The van der Waals surface area contributed by atoms with Crippen LogP contribution in [0.3, 0.4) is 0 Å². The first kappa shape index (κ1) is 5.90. The quantitative estimate of drug-likeness (QED) is 0.465. The minimum Gasteiger partial charge on any atom is -0.169 e. The predicted octanol–water partition coefficient (Wildman–Crippen LogP) is -0.0688. The van der Waals surface area contributed by atoms with Gasteiger partial charge in [0.15, 0.2) is 0 Å². The maximum absolute atomic E-state index is 10.8. The molecule has 3 nitrogen and oxygen atoms in total. The lowest BCUT2D eigenvalue weighted by Crippen LogP contribution is -1.76. The van der Waals surface area contributed by atoms with Crippen molar-refractivity contribution in [1.29, 1.82) is 0 Å². The molecule has 0 radical (unpaired) electrons. The summed E-state index contributed by atoms with van der Waals surface area (Å²) in [6.07, 6.45) is 0. The van der Waals surface area contributed by atoms with E-state index in [1.54, 1.807) is 0 Å². The molecular weight excluding hydrogens is 129 g/mol. The van der Waals surface area contributed by atoms with Crippen LogP contribution in [-0.4, -0.2) is 8.42 Å². The van der Waals surface area contributed by atoms with Crippen LogP contribution < -0.4 is 0 Å². The first-order valence-corrected chi connectivity index (χ1v) is 2.56. The minimum absolute atomic E-state index is 1.91. The molecule has 0 aromatic rings. The highest BCUT2D eigenvalue weighted by molar-refractivity contribution is 7.88. The van der Waals surface area contributed by atoms with Crippen molar-refractivity contribution in [3.05, 3.63) is 0 Å². The van der Waals surface area contributed by atoms with Gasteiger partial charge in [0.05, 0.1) is 12.4 Å². The number of nitrogens with zero attached hydrogens (tertiary/aromatic N) is 1. The van der Waals surface area contributed by atoms with Crippen LogP contribution in [0.5, 0.6) is 0 Å². The van der Waals surface area contributed by atoms with Crippen molar-refractivity contribution in [1.82, 2.24) is 0 Å². The minimum atomic E-state index is -4.72. The summed E-state index contributed by atoms with van der Waals surface area (Å²) in [5.41, 5.74) is 0. The largest absolute Gasteiger partial charge is 0.428 e. The first-order valence-electron chi connectivity index (χ1n) is 0.853. The van der Waals surface area contributed by atoms with Gasteiger partial charge in [-0.25, -0.2) is 0 Å². The molecule has 0 atom stereocenters. The van der Waals surface area contributed by atoms with Crippen molar-refractivity contribution in [2.45, 2.75) is 0 Å². The van der Waals surface area contributed by atoms with Gasteiger partial charge in [0.1, 0.15) is 0 Å². The van der Waals surface area contributed by atoms with E-state index in [0.29, 0.717) is 0 Å². The van der Waals surface area contributed by atoms with Crippen LogP contribution in [0.25, 0.3) is 0 Å². The predicted molar refractivity (Wildman–Crippen MR) is 19.8 cm³/mol. The number of rotatable bonds is 1. The van der Waals surface area contributed by atoms with Gasteiger partial charge in [0.2, 0.25) is 0 Å². The second-order valence-corrected chi connectivity index (χ2v) is 1.91. The second-order valence-electron chi connectivity index (χ2n) is 0.487. The Bertz CT molecular complexity index is 122. The molecule has 0 aliphatic rings. The second kappa shape index (κ2) is 1.57. The monoisotopic (exact) mass is 129 g/mol. The van der Waals surface area contributed by atoms with E-state index in [-0.39, 0.29) is 0 Å². The Morgan fingerprint density at radius 1 is 1.67 bits per heavy atom. The van der Waals surface area contributed by atoms with E-state index >= 15 is 0 Å². The molecule has 0 heterocycles. The molecule has 0 aromatic carbocycles. The Morgan fingerprint density at radius 2 is 1.83 bits per heavy atom. The van der Waals surface area contributed by atoms with Gasteiger partial charge in [-0.15, -0.1) is 0 Å². The maximum Gasteiger partial charge on any atom is 0.428 e. The molecule has 0 amide bonds. The summed E-state index contributed by atoms with van der Waals surface area (Å²) >= 11 is 3.45. The van der Waals surface area contributed by atoms with Crippen molar-refractivity contribution in [3.8, 4) is 0 Å². The highest BCUT2D eigenvalue weighted by Crippen LogP contribution is 1.86. The van der Waals surface area contributed by atoms with Gasteiger partial charge in [-0.3, -0.25) is 0 Å². The van der Waals surface area contributed by atoms with E-state index in [1.165, 1.54) is 0 Å². The van der Waals surface area contributed by atoms with Crippen LogP contribution in [0.2, 0.25) is 0 Å². The summed E-state index contributed by atoms with van der Waals surface area (Å²) in [6.45, 7) is 0. The summed E-state index contributed by atoms with van der Waals surface area (Å²) in [5.74, 6) is 0. The third kappa shape index (κ3) is 3.90. The Kier molecular flexibility index (Phi) is 1.54.